The lowest BCUT2D eigenvalue weighted by Crippen LogP contribution is -2.61. The molecule has 37 heavy (non-hydrogen) atoms. The van der Waals surface area contributed by atoms with Crippen molar-refractivity contribution < 1.29 is 28.4 Å². The molecule has 0 spiro atoms. The normalized spacial score (nSPS) is 17.3. The topological polar surface area (TPSA) is 142 Å². The second-order valence-electron chi connectivity index (χ2n) is 8.00. The van der Waals surface area contributed by atoms with Crippen molar-refractivity contribution in [2.75, 3.05) is 21.2 Å². The molecule has 2 heterocycles. The van der Waals surface area contributed by atoms with Crippen LogP contribution in [0.3, 0.4) is 0 Å². The highest BCUT2D eigenvalue weighted by atomic mass is 35.5. The van der Waals surface area contributed by atoms with Gasteiger partial charge in [0.2, 0.25) is 0 Å². The van der Waals surface area contributed by atoms with Crippen LogP contribution in [0.1, 0.15) is 11.1 Å². The molecule has 1 saturated heterocycles. The number of ether oxygens (including phenoxy) is 2. The van der Waals surface area contributed by atoms with Crippen LogP contribution in [-0.2, 0) is 11.3 Å². The first-order valence-electron chi connectivity index (χ1n) is 10.8. The zero-order valence-corrected chi connectivity index (χ0v) is 21.4. The van der Waals surface area contributed by atoms with Gasteiger partial charge in [0.05, 0.1) is 13.3 Å². The predicted octanol–water partition coefficient (Wildman–Crippen LogP) is 2.26. The van der Waals surface area contributed by atoms with Gasteiger partial charge in [-0.1, -0.05) is 29.3 Å². The molecule has 4 rings (SSSR count). The molecule has 0 radical (unpaired) electrons. The van der Waals surface area contributed by atoms with Gasteiger partial charge in [0.1, 0.15) is 6.54 Å². The summed E-state index contributed by atoms with van der Waals surface area (Å²) in [4.78, 5) is 43.4. The molecule has 1 atom stereocenters. The molecule has 12 nitrogen and oxygen atoms in total. The summed E-state index contributed by atoms with van der Waals surface area (Å²) in [6.07, 6.45) is 1.37. The van der Waals surface area contributed by atoms with E-state index in [1.54, 1.807) is 41.0 Å². The van der Waals surface area contributed by atoms with Crippen LogP contribution < -0.4 is 20.6 Å². The van der Waals surface area contributed by atoms with Gasteiger partial charge in [-0.2, -0.15) is 9.68 Å². The molecule has 3 N–H and O–H groups in total. The summed E-state index contributed by atoms with van der Waals surface area (Å²) in [6, 6.07) is 7.72. The zero-order chi connectivity index (χ0) is 26.9. The summed E-state index contributed by atoms with van der Waals surface area (Å²) in [5, 5.41) is 4.58. The third kappa shape index (κ3) is 5.20. The van der Waals surface area contributed by atoms with Crippen molar-refractivity contribution in [3.8, 4) is 11.5 Å². The molecule has 0 aliphatic carbocycles. The number of nitrogens with zero attached hydrogens (tertiary/aromatic N) is 5. The van der Waals surface area contributed by atoms with Crippen LogP contribution in [0.15, 0.2) is 46.5 Å². The Morgan fingerprint density at radius 2 is 1.95 bits per heavy atom. The Labute approximate surface area is 221 Å². The van der Waals surface area contributed by atoms with E-state index in [1.807, 2.05) is 0 Å². The van der Waals surface area contributed by atoms with Gasteiger partial charge in [-0.05, 0) is 35.9 Å². The molecular weight excluding hydrogens is 525 g/mol. The van der Waals surface area contributed by atoms with E-state index in [2.05, 4.69) is 15.5 Å². The van der Waals surface area contributed by atoms with Crippen LogP contribution in [0.5, 0.6) is 11.5 Å². The van der Waals surface area contributed by atoms with E-state index < -0.39 is 24.0 Å². The zero-order valence-electron chi connectivity index (χ0n) is 19.9. The molecule has 14 heteroatoms. The molecule has 2 aliphatic rings. The number of nitrogens with two attached hydrogens (primary N) is 1. The van der Waals surface area contributed by atoms with Crippen molar-refractivity contribution in [3.05, 3.63) is 57.6 Å². The van der Waals surface area contributed by atoms with E-state index in [9.17, 15) is 14.4 Å². The number of amidine groups is 2. The van der Waals surface area contributed by atoms with Crippen LogP contribution in [0.2, 0.25) is 10.0 Å². The quantitative estimate of drug-likeness (QED) is 0.324. The fourth-order valence-corrected chi connectivity index (χ4v) is 4.24. The maximum Gasteiger partial charge on any atom is 0.502 e. The smallest absolute Gasteiger partial charge is 0.493 e. The van der Waals surface area contributed by atoms with E-state index in [0.717, 1.165) is 4.90 Å². The summed E-state index contributed by atoms with van der Waals surface area (Å²) in [5.74, 6) is 0.352. The Morgan fingerprint density at radius 1 is 1.19 bits per heavy atom. The minimum Gasteiger partial charge on any atom is -0.493 e. The minimum atomic E-state index is -0.924. The maximum atomic E-state index is 13.2. The number of hydrogen-bond acceptors (Lipinski definition) is 7. The molecule has 5 amide bonds. The van der Waals surface area contributed by atoms with Gasteiger partial charge in [0.15, 0.2) is 11.5 Å². The molecule has 1 fully saturated rings. The standard InChI is InChI=1S/C23H21Cl2N7O5/c1-30-19-18(20(33)31(2)23(30)35)32(11-13-5-6-14(24)9-15(13)25)22(28-19)37-16-7-4-12(8-17(16)36-3)10-27-29-21(26)34/h4-10,18H,11H2,1-3H3,(H2-,26,29,34)/p+1/b27-10+. The first-order valence-corrected chi connectivity index (χ1v) is 11.5. The van der Waals surface area contributed by atoms with Gasteiger partial charge in [0.25, 0.3) is 17.8 Å². The summed E-state index contributed by atoms with van der Waals surface area (Å²) in [5.41, 5.74) is 8.36. The molecule has 0 aromatic heterocycles. The Kier molecular flexibility index (Phi) is 7.32. The highest BCUT2D eigenvalue weighted by Gasteiger charge is 2.54. The Morgan fingerprint density at radius 3 is 2.62 bits per heavy atom. The van der Waals surface area contributed by atoms with Gasteiger partial charge in [-0.3, -0.25) is 14.6 Å². The molecule has 1 unspecified atom stereocenters. The Bertz CT molecular complexity index is 1390. The monoisotopic (exact) mass is 546 g/mol. The van der Waals surface area contributed by atoms with E-state index in [-0.39, 0.29) is 24.2 Å². The molecule has 2 aliphatic heterocycles. The first kappa shape index (κ1) is 25.9. The van der Waals surface area contributed by atoms with Crippen molar-refractivity contribution in [3.63, 3.8) is 0 Å². The largest absolute Gasteiger partial charge is 0.502 e. The summed E-state index contributed by atoms with van der Waals surface area (Å²) < 4.78 is 13.2. The van der Waals surface area contributed by atoms with Crippen molar-refractivity contribution >= 4 is 59.2 Å². The fourth-order valence-electron chi connectivity index (χ4n) is 3.77. The minimum absolute atomic E-state index is 0.0597. The summed E-state index contributed by atoms with van der Waals surface area (Å²) >= 11 is 12.5. The number of carbonyl (C=O) groups excluding carboxylic acids is 3. The number of nitrogens with one attached hydrogen (secondary N) is 1. The fraction of sp³-hybridized carbons (Fsp3) is 0.217. The van der Waals surface area contributed by atoms with Crippen molar-refractivity contribution in [2.24, 2.45) is 15.8 Å². The number of fused-ring (bicyclic) bond motifs is 1. The van der Waals surface area contributed by atoms with Gasteiger partial charge in [-0.15, -0.1) is 0 Å². The van der Waals surface area contributed by atoms with Crippen LogP contribution >= 0.6 is 23.2 Å². The number of likely N-dealkylation sites (N-methyl/N-ethyl adjacent to an activating group) is 2. The van der Waals surface area contributed by atoms with E-state index >= 15 is 0 Å². The number of urea groups is 2. The number of halogens is 2. The van der Waals surface area contributed by atoms with Crippen molar-refractivity contribution in [2.45, 2.75) is 12.6 Å². The number of aliphatic imine (C=N–C) groups is 1. The van der Waals surface area contributed by atoms with Gasteiger partial charge < -0.3 is 15.2 Å². The van der Waals surface area contributed by atoms with Crippen LogP contribution in [0.4, 0.5) is 9.59 Å². The lowest BCUT2D eigenvalue weighted by Gasteiger charge is -2.30. The van der Waals surface area contributed by atoms with Crippen LogP contribution in [0.25, 0.3) is 0 Å². The number of imide groups is 1. The lowest BCUT2D eigenvalue weighted by molar-refractivity contribution is -0.557. The first-order chi connectivity index (χ1) is 17.6. The lowest BCUT2D eigenvalue weighted by atomic mass is 10.1. The maximum absolute atomic E-state index is 13.2. The summed E-state index contributed by atoms with van der Waals surface area (Å²) in [6.45, 7) is 0.135. The third-order valence-electron chi connectivity index (χ3n) is 5.63. The Hall–Kier alpha value is -4.16. The predicted molar refractivity (Wildman–Crippen MR) is 137 cm³/mol. The number of primary amides is 1. The number of hydrazone groups is 1. The van der Waals surface area contributed by atoms with Crippen LogP contribution in [0, 0.1) is 0 Å². The van der Waals surface area contributed by atoms with E-state index in [4.69, 9.17) is 38.4 Å². The number of rotatable bonds is 6. The average molecular weight is 547 g/mol. The molecule has 0 bridgehead atoms. The third-order valence-corrected chi connectivity index (χ3v) is 6.21. The van der Waals surface area contributed by atoms with Gasteiger partial charge >= 0.3 is 18.1 Å². The SMILES string of the molecule is COc1cc(/C=N/NC(N)=O)ccc1OC1=[N+](Cc2ccc(Cl)cc2Cl)C2C(=O)N(C)C(=O)N(C)C2=N1. The molecule has 2 aromatic carbocycles. The second kappa shape index (κ2) is 10.4. The van der Waals surface area contributed by atoms with Crippen LogP contribution in [-0.4, -0.2) is 77.7 Å². The van der Waals surface area contributed by atoms with Gasteiger partial charge in [-0.25, -0.2) is 15.0 Å². The number of hydrogen-bond donors (Lipinski definition) is 2. The van der Waals surface area contributed by atoms with Gasteiger partial charge in [0, 0.05) is 34.7 Å². The highest BCUT2D eigenvalue weighted by Crippen LogP contribution is 2.30. The molecule has 192 valence electrons. The molecule has 0 saturated carbocycles. The average Bonchev–Trinajstić information content (AvgIpc) is 3.21. The van der Waals surface area contributed by atoms with E-state index in [1.165, 1.54) is 32.3 Å². The highest BCUT2D eigenvalue weighted by molar-refractivity contribution is 6.35. The number of benzene rings is 2. The molecular formula is C23H22Cl2N7O5+. The number of carbonyl (C=O) groups is 3. The van der Waals surface area contributed by atoms with E-state index in [0.29, 0.717) is 26.9 Å². The van der Waals surface area contributed by atoms with Crippen molar-refractivity contribution in [1.82, 2.24) is 15.2 Å². The molecule has 2 aromatic rings. The second-order valence-corrected chi connectivity index (χ2v) is 8.85. The van der Waals surface area contributed by atoms with Crippen molar-refractivity contribution in [1.29, 1.82) is 0 Å². The number of amides is 5. The Balaban J connectivity index is 1.75. The summed E-state index contributed by atoms with van der Waals surface area (Å²) in [7, 11) is 4.38. The number of methoxy groups -OCH3 is 1.